The van der Waals surface area contributed by atoms with Crippen molar-refractivity contribution in [3.8, 4) is 0 Å². The molecule has 0 radical (unpaired) electrons. The number of hydrogen-bond acceptors (Lipinski definition) is 4. The molecule has 5 nitrogen and oxygen atoms in total. The Hall–Kier alpha value is -1.66. The molecule has 0 amide bonds. The summed E-state index contributed by atoms with van der Waals surface area (Å²) in [6.45, 7) is 8.10. The van der Waals surface area contributed by atoms with Crippen LogP contribution in [0.15, 0.2) is 34.2 Å². The molecule has 0 bridgehead atoms. The molecule has 1 aromatic rings. The maximum Gasteiger partial charge on any atom is 0.285 e. The predicted octanol–water partition coefficient (Wildman–Crippen LogP) is 3.42. The lowest BCUT2D eigenvalue weighted by atomic mass is 9.99. The summed E-state index contributed by atoms with van der Waals surface area (Å²) < 4.78 is 29.7. The molecule has 0 aliphatic carbocycles. The highest BCUT2D eigenvalue weighted by Crippen LogP contribution is 2.34. The van der Waals surface area contributed by atoms with Crippen molar-refractivity contribution < 1.29 is 8.42 Å². The van der Waals surface area contributed by atoms with E-state index < -0.39 is 10.0 Å². The van der Waals surface area contributed by atoms with Gasteiger partial charge in [-0.2, -0.15) is 8.42 Å². The number of sulfonamides is 1. The molecule has 3 aliphatic heterocycles. The van der Waals surface area contributed by atoms with E-state index in [0.29, 0.717) is 16.8 Å². The minimum atomic E-state index is -3.62. The van der Waals surface area contributed by atoms with Crippen LogP contribution in [-0.4, -0.2) is 56.3 Å². The van der Waals surface area contributed by atoms with Crippen LogP contribution in [0.1, 0.15) is 50.2 Å². The number of rotatable bonds is 2. The lowest BCUT2D eigenvalue weighted by Crippen LogP contribution is -2.48. The van der Waals surface area contributed by atoms with Crippen LogP contribution in [0.4, 0.5) is 0 Å². The van der Waals surface area contributed by atoms with Crippen molar-refractivity contribution in [1.29, 1.82) is 0 Å². The van der Waals surface area contributed by atoms with Crippen LogP contribution in [0, 0.1) is 6.92 Å². The van der Waals surface area contributed by atoms with E-state index >= 15 is 0 Å². The van der Waals surface area contributed by atoms with Gasteiger partial charge in [0, 0.05) is 24.7 Å². The zero-order valence-electron chi connectivity index (χ0n) is 16.3. The number of aryl methyl sites for hydroxylation is 1. The molecule has 27 heavy (non-hydrogen) atoms. The summed E-state index contributed by atoms with van der Waals surface area (Å²) in [7, 11) is -3.62. The van der Waals surface area contributed by atoms with Gasteiger partial charge in [0.2, 0.25) is 0 Å². The molecule has 0 N–H and O–H groups in total. The van der Waals surface area contributed by atoms with Crippen molar-refractivity contribution in [3.05, 3.63) is 41.0 Å². The van der Waals surface area contributed by atoms with E-state index in [-0.39, 0.29) is 0 Å². The summed E-state index contributed by atoms with van der Waals surface area (Å²) in [6, 6.07) is 8.31. The van der Waals surface area contributed by atoms with Crippen molar-refractivity contribution in [2.24, 2.45) is 4.40 Å². The number of amidine groups is 1. The highest BCUT2D eigenvalue weighted by atomic mass is 32.2. The minimum Gasteiger partial charge on any atom is -0.356 e. The van der Waals surface area contributed by atoms with Gasteiger partial charge >= 0.3 is 0 Å². The van der Waals surface area contributed by atoms with Crippen LogP contribution in [0.2, 0.25) is 0 Å². The van der Waals surface area contributed by atoms with Crippen LogP contribution in [0.3, 0.4) is 0 Å². The Balaban J connectivity index is 1.52. The molecule has 0 spiro atoms. The van der Waals surface area contributed by atoms with Gasteiger partial charge in [-0.3, -0.25) is 0 Å². The summed E-state index contributed by atoms with van der Waals surface area (Å²) in [5, 5.41) is 0. The Bertz CT molecular complexity index is 857. The number of hydrogen-bond donors (Lipinski definition) is 0. The second-order valence-corrected chi connectivity index (χ2v) is 9.57. The zero-order valence-corrected chi connectivity index (χ0v) is 17.1. The quantitative estimate of drug-likeness (QED) is 0.780. The van der Waals surface area contributed by atoms with Gasteiger partial charge in [-0.15, -0.1) is 4.40 Å². The van der Waals surface area contributed by atoms with E-state index in [0.717, 1.165) is 42.6 Å². The van der Waals surface area contributed by atoms with Gasteiger partial charge < -0.3 is 9.80 Å². The first-order valence-corrected chi connectivity index (χ1v) is 11.5. The number of piperidine rings is 2. The third-order valence-corrected chi connectivity index (χ3v) is 7.60. The fraction of sp³-hybridized carbons (Fsp3) is 0.571. The van der Waals surface area contributed by atoms with Gasteiger partial charge in [-0.05, 0) is 58.2 Å². The van der Waals surface area contributed by atoms with Crippen LogP contribution in [0.25, 0.3) is 4.91 Å². The molecule has 2 saturated heterocycles. The molecule has 6 heteroatoms. The molecule has 0 unspecified atom stereocenters. The Morgan fingerprint density at radius 1 is 0.926 bits per heavy atom. The van der Waals surface area contributed by atoms with Gasteiger partial charge in [0.25, 0.3) is 10.0 Å². The Labute approximate surface area is 162 Å². The first-order chi connectivity index (χ1) is 13.0. The lowest BCUT2D eigenvalue weighted by Gasteiger charge is -2.40. The van der Waals surface area contributed by atoms with Gasteiger partial charge in [0.1, 0.15) is 10.7 Å². The molecule has 3 aliphatic rings. The molecular weight excluding hydrogens is 358 g/mol. The van der Waals surface area contributed by atoms with E-state index in [4.69, 9.17) is 0 Å². The van der Waals surface area contributed by atoms with Gasteiger partial charge in [0.15, 0.2) is 0 Å². The first-order valence-electron chi connectivity index (χ1n) is 10.1. The van der Waals surface area contributed by atoms with Crippen LogP contribution < -0.4 is 0 Å². The highest BCUT2D eigenvalue weighted by molar-refractivity contribution is 8.00. The van der Waals surface area contributed by atoms with E-state index in [1.165, 1.54) is 32.4 Å². The molecule has 1 aromatic carbocycles. The highest BCUT2D eigenvalue weighted by Gasteiger charge is 2.35. The lowest BCUT2D eigenvalue weighted by molar-refractivity contribution is 0.115. The Morgan fingerprint density at radius 3 is 2.19 bits per heavy atom. The maximum absolute atomic E-state index is 12.7. The number of benzene rings is 1. The summed E-state index contributed by atoms with van der Waals surface area (Å²) >= 11 is 0. The second-order valence-electron chi connectivity index (χ2n) is 8.02. The zero-order chi connectivity index (χ0) is 19.0. The molecule has 0 aromatic heterocycles. The fourth-order valence-corrected chi connectivity index (χ4v) is 6.10. The van der Waals surface area contributed by atoms with E-state index in [9.17, 15) is 8.42 Å². The fourth-order valence-electron chi connectivity index (χ4n) is 4.61. The van der Waals surface area contributed by atoms with Crippen LogP contribution in [0.5, 0.6) is 0 Å². The normalized spacial score (nSPS) is 24.4. The summed E-state index contributed by atoms with van der Waals surface area (Å²) in [5.74, 6) is 0.655. The SMILES string of the molecule is CC1=C(c2ccc(C)cc2)S(=O)(=O)N=C1N1CCC(N2CCCCC2)CC1. The molecule has 4 rings (SSSR count). The standard InChI is InChI=1S/C21H29N3O2S/c1-16-6-8-18(9-7-16)20-17(2)21(22-27(20,25)26)24-14-10-19(11-15-24)23-12-4-3-5-13-23/h6-9,19H,3-5,10-15H2,1-2H3. The van der Waals surface area contributed by atoms with Gasteiger partial charge in [-0.25, -0.2) is 0 Å². The van der Waals surface area contributed by atoms with Crippen LogP contribution in [-0.2, 0) is 10.0 Å². The molecular formula is C21H29N3O2S. The summed E-state index contributed by atoms with van der Waals surface area (Å²) in [4.78, 5) is 5.18. The molecule has 2 fully saturated rings. The number of nitrogens with zero attached hydrogens (tertiary/aromatic N) is 3. The molecule has 3 heterocycles. The smallest absolute Gasteiger partial charge is 0.285 e. The summed E-state index contributed by atoms with van der Waals surface area (Å²) in [6.07, 6.45) is 6.16. The van der Waals surface area contributed by atoms with Crippen molar-refractivity contribution in [2.45, 2.75) is 52.0 Å². The largest absolute Gasteiger partial charge is 0.356 e. The van der Waals surface area contributed by atoms with E-state index in [1.54, 1.807) is 0 Å². The van der Waals surface area contributed by atoms with E-state index in [2.05, 4.69) is 14.2 Å². The maximum atomic E-state index is 12.7. The van der Waals surface area contributed by atoms with Crippen molar-refractivity contribution in [2.75, 3.05) is 26.2 Å². The Kier molecular flexibility index (Phi) is 5.12. The van der Waals surface area contributed by atoms with E-state index in [1.807, 2.05) is 38.1 Å². The third-order valence-electron chi connectivity index (χ3n) is 6.13. The Morgan fingerprint density at radius 2 is 1.56 bits per heavy atom. The number of likely N-dealkylation sites (tertiary alicyclic amines) is 2. The topological polar surface area (TPSA) is 53.0 Å². The first kappa shape index (κ1) is 18.7. The minimum absolute atomic E-state index is 0.371. The third kappa shape index (κ3) is 3.69. The molecule has 146 valence electrons. The van der Waals surface area contributed by atoms with Crippen molar-refractivity contribution in [3.63, 3.8) is 0 Å². The van der Waals surface area contributed by atoms with Crippen molar-refractivity contribution in [1.82, 2.24) is 9.80 Å². The monoisotopic (exact) mass is 387 g/mol. The average molecular weight is 388 g/mol. The molecule has 0 saturated carbocycles. The average Bonchev–Trinajstić information content (AvgIpc) is 2.92. The molecule has 0 atom stereocenters. The van der Waals surface area contributed by atoms with Crippen molar-refractivity contribution >= 4 is 20.8 Å². The van der Waals surface area contributed by atoms with Gasteiger partial charge in [-0.1, -0.05) is 36.2 Å². The summed E-state index contributed by atoms with van der Waals surface area (Å²) in [5.41, 5.74) is 2.64. The predicted molar refractivity (Wildman–Crippen MR) is 110 cm³/mol. The van der Waals surface area contributed by atoms with Gasteiger partial charge in [0.05, 0.1) is 0 Å². The van der Waals surface area contributed by atoms with Crippen LogP contribution >= 0.6 is 0 Å². The second kappa shape index (κ2) is 7.40.